The van der Waals surface area contributed by atoms with E-state index >= 15 is 0 Å². The molecule has 0 fully saturated rings. The summed E-state index contributed by atoms with van der Waals surface area (Å²) in [6.07, 6.45) is 0.875. The fourth-order valence-corrected chi connectivity index (χ4v) is 3.36. The van der Waals surface area contributed by atoms with Gasteiger partial charge in [0, 0.05) is 17.1 Å². The minimum Gasteiger partial charge on any atom is -0.493 e. The molecule has 166 valence electrons. The van der Waals surface area contributed by atoms with Crippen molar-refractivity contribution in [2.75, 3.05) is 20.8 Å². The van der Waals surface area contributed by atoms with E-state index < -0.39 is 0 Å². The summed E-state index contributed by atoms with van der Waals surface area (Å²) in [7, 11) is 3.29. The van der Waals surface area contributed by atoms with E-state index in [-0.39, 0.29) is 12.4 Å². The Labute approximate surface area is 195 Å². The van der Waals surface area contributed by atoms with Gasteiger partial charge in [-0.05, 0) is 61.3 Å². The normalized spacial score (nSPS) is 10.3. The molecule has 0 amide bonds. The Hall–Kier alpha value is -2.40. The van der Waals surface area contributed by atoms with Crippen LogP contribution in [0.4, 0.5) is 0 Å². The summed E-state index contributed by atoms with van der Waals surface area (Å²) in [5.74, 6) is 2.33. The molecule has 0 radical (unpaired) electrons. The summed E-state index contributed by atoms with van der Waals surface area (Å²) in [5, 5.41) is 4.18. The fourth-order valence-electron chi connectivity index (χ4n) is 3.16. The van der Waals surface area contributed by atoms with Crippen molar-refractivity contribution in [2.24, 2.45) is 0 Å². The first-order valence-corrected chi connectivity index (χ1v) is 10.3. The van der Waals surface area contributed by atoms with Crippen LogP contribution >= 0.6 is 24.0 Å². The smallest absolute Gasteiger partial charge is 0.160 e. The number of nitrogens with one attached hydrogen (secondary N) is 1. The molecule has 0 aliphatic rings. The molecule has 0 spiro atoms. The molecule has 4 nitrogen and oxygen atoms in total. The molecule has 3 rings (SSSR count). The van der Waals surface area contributed by atoms with Crippen molar-refractivity contribution >= 4 is 24.0 Å². The fraction of sp³-hybridized carbons (Fsp3) is 0.280. The van der Waals surface area contributed by atoms with Crippen LogP contribution in [0.25, 0.3) is 0 Å². The van der Waals surface area contributed by atoms with Crippen LogP contribution in [0.5, 0.6) is 17.2 Å². The van der Waals surface area contributed by atoms with E-state index in [1.807, 2.05) is 30.3 Å². The molecule has 1 N–H and O–H groups in total. The highest BCUT2D eigenvalue weighted by atomic mass is 35.5. The highest BCUT2D eigenvalue weighted by Crippen LogP contribution is 2.28. The van der Waals surface area contributed by atoms with Gasteiger partial charge in [0.1, 0.15) is 12.4 Å². The maximum absolute atomic E-state index is 6.21. The zero-order valence-corrected chi connectivity index (χ0v) is 19.7. The maximum atomic E-state index is 6.21. The third-order valence-corrected chi connectivity index (χ3v) is 5.13. The molecular formula is C25H29Cl2NO3. The van der Waals surface area contributed by atoms with Gasteiger partial charge in [-0.3, -0.25) is 0 Å². The highest BCUT2D eigenvalue weighted by Gasteiger charge is 2.07. The first-order valence-electron chi connectivity index (χ1n) is 9.97. The molecule has 3 aromatic rings. The minimum absolute atomic E-state index is 0. The maximum Gasteiger partial charge on any atom is 0.160 e. The second kappa shape index (κ2) is 12.5. The molecule has 0 aliphatic heterocycles. The number of hydrogen-bond acceptors (Lipinski definition) is 4. The van der Waals surface area contributed by atoms with Crippen molar-refractivity contribution in [3.8, 4) is 17.2 Å². The Morgan fingerprint density at radius 3 is 2.19 bits per heavy atom. The number of hydrogen-bond donors (Lipinski definition) is 1. The Balaban J connectivity index is 0.00000341. The number of halogens is 2. The number of rotatable bonds is 10. The first-order chi connectivity index (χ1) is 14.6. The molecule has 31 heavy (non-hydrogen) atoms. The van der Waals surface area contributed by atoms with Crippen molar-refractivity contribution < 1.29 is 14.2 Å². The number of methoxy groups -OCH3 is 2. The number of ether oxygens (including phenoxy) is 3. The van der Waals surface area contributed by atoms with Gasteiger partial charge in [0.2, 0.25) is 0 Å². The molecule has 6 heteroatoms. The quantitative estimate of drug-likeness (QED) is 0.375. The van der Waals surface area contributed by atoms with E-state index in [9.17, 15) is 0 Å². The molecule has 0 saturated heterocycles. The summed E-state index contributed by atoms with van der Waals surface area (Å²) in [6.45, 7) is 4.10. The molecule has 0 aliphatic carbocycles. The van der Waals surface area contributed by atoms with Gasteiger partial charge in [-0.25, -0.2) is 0 Å². The van der Waals surface area contributed by atoms with Crippen molar-refractivity contribution in [3.63, 3.8) is 0 Å². The standard InChI is InChI=1S/C25H28ClNO3.ClH/c1-18-4-6-20(7-5-18)17-30-23-11-9-22(26)15-21(23)16-27-13-12-19-8-10-24(28-2)25(14-19)29-3;/h4-11,14-15,27H,12-13,16-17H2,1-3H3;1H. The van der Waals surface area contributed by atoms with Gasteiger partial charge in [0.05, 0.1) is 14.2 Å². The lowest BCUT2D eigenvalue weighted by atomic mass is 10.1. The SMILES string of the molecule is COc1ccc(CCNCc2cc(Cl)ccc2OCc2ccc(C)cc2)cc1OC.Cl. The average Bonchev–Trinajstić information content (AvgIpc) is 2.77. The van der Waals surface area contributed by atoms with Gasteiger partial charge in [0.25, 0.3) is 0 Å². The molecule has 0 bridgehead atoms. The largest absolute Gasteiger partial charge is 0.493 e. The van der Waals surface area contributed by atoms with Crippen LogP contribution in [0.1, 0.15) is 22.3 Å². The van der Waals surface area contributed by atoms with Crippen molar-refractivity contribution in [3.05, 3.63) is 87.9 Å². The zero-order valence-electron chi connectivity index (χ0n) is 18.1. The average molecular weight is 462 g/mol. The van der Waals surface area contributed by atoms with E-state index in [1.165, 1.54) is 11.1 Å². The summed E-state index contributed by atoms with van der Waals surface area (Å²) < 4.78 is 16.7. The number of aryl methyl sites for hydroxylation is 1. The van der Waals surface area contributed by atoms with Gasteiger partial charge < -0.3 is 19.5 Å². The predicted molar refractivity (Wildman–Crippen MR) is 129 cm³/mol. The van der Waals surface area contributed by atoms with Gasteiger partial charge in [0.15, 0.2) is 11.5 Å². The molecule has 0 aromatic heterocycles. The Morgan fingerprint density at radius 2 is 1.48 bits per heavy atom. The molecule has 0 heterocycles. The van der Waals surface area contributed by atoms with Gasteiger partial charge >= 0.3 is 0 Å². The third-order valence-electron chi connectivity index (χ3n) is 4.89. The van der Waals surface area contributed by atoms with E-state index in [4.69, 9.17) is 25.8 Å². The lowest BCUT2D eigenvalue weighted by Crippen LogP contribution is -2.17. The first kappa shape index (κ1) is 24.9. The molecule has 0 saturated carbocycles. The monoisotopic (exact) mass is 461 g/mol. The van der Waals surface area contributed by atoms with E-state index in [2.05, 4.69) is 42.6 Å². The second-order valence-corrected chi connectivity index (χ2v) is 7.58. The second-order valence-electron chi connectivity index (χ2n) is 7.14. The third kappa shape index (κ3) is 7.35. The molecule has 0 atom stereocenters. The van der Waals surface area contributed by atoms with Crippen LogP contribution in [0.15, 0.2) is 60.7 Å². The van der Waals surface area contributed by atoms with Crippen LogP contribution in [0, 0.1) is 6.92 Å². The molecule has 0 unspecified atom stereocenters. The summed E-state index contributed by atoms with van der Waals surface area (Å²) in [5.41, 5.74) is 4.61. The summed E-state index contributed by atoms with van der Waals surface area (Å²) in [4.78, 5) is 0. The zero-order chi connectivity index (χ0) is 21.3. The van der Waals surface area contributed by atoms with Crippen molar-refractivity contribution in [1.29, 1.82) is 0 Å². The predicted octanol–water partition coefficient (Wildman–Crippen LogP) is 6.00. The molecule has 3 aromatic carbocycles. The molecular weight excluding hydrogens is 433 g/mol. The lowest BCUT2D eigenvalue weighted by molar-refractivity contribution is 0.302. The Morgan fingerprint density at radius 1 is 0.806 bits per heavy atom. The van der Waals surface area contributed by atoms with E-state index in [0.29, 0.717) is 18.2 Å². The summed E-state index contributed by atoms with van der Waals surface area (Å²) >= 11 is 6.21. The topological polar surface area (TPSA) is 39.7 Å². The van der Waals surface area contributed by atoms with Crippen molar-refractivity contribution in [1.82, 2.24) is 5.32 Å². The minimum atomic E-state index is 0. The van der Waals surface area contributed by atoms with E-state index in [1.54, 1.807) is 14.2 Å². The highest BCUT2D eigenvalue weighted by molar-refractivity contribution is 6.30. The van der Waals surface area contributed by atoms with Crippen LogP contribution in [0.3, 0.4) is 0 Å². The Kier molecular flexibility index (Phi) is 9.99. The number of benzene rings is 3. The van der Waals surface area contributed by atoms with Crippen LogP contribution in [-0.4, -0.2) is 20.8 Å². The van der Waals surface area contributed by atoms with Crippen LogP contribution in [0.2, 0.25) is 5.02 Å². The van der Waals surface area contributed by atoms with Gasteiger partial charge in [-0.15, -0.1) is 12.4 Å². The van der Waals surface area contributed by atoms with Gasteiger partial charge in [-0.1, -0.05) is 47.5 Å². The van der Waals surface area contributed by atoms with Crippen LogP contribution in [-0.2, 0) is 19.6 Å². The summed E-state index contributed by atoms with van der Waals surface area (Å²) in [6, 6.07) is 20.1. The van der Waals surface area contributed by atoms with Gasteiger partial charge in [-0.2, -0.15) is 0 Å². The van der Waals surface area contributed by atoms with Crippen LogP contribution < -0.4 is 19.5 Å². The van der Waals surface area contributed by atoms with E-state index in [0.717, 1.165) is 41.3 Å². The van der Waals surface area contributed by atoms with Crippen molar-refractivity contribution in [2.45, 2.75) is 26.5 Å². The lowest BCUT2D eigenvalue weighted by Gasteiger charge is -2.14. The Bertz CT molecular complexity index is 961.